The lowest BCUT2D eigenvalue weighted by molar-refractivity contribution is -0.0632. The monoisotopic (exact) mass is 199 g/mol. The van der Waals surface area contributed by atoms with Gasteiger partial charge in [-0.3, -0.25) is 0 Å². The van der Waals surface area contributed by atoms with E-state index in [2.05, 4.69) is 15.4 Å². The zero-order valence-corrected chi connectivity index (χ0v) is 9.02. The highest BCUT2D eigenvalue weighted by Crippen LogP contribution is 2.36. The van der Waals surface area contributed by atoms with E-state index in [1.165, 1.54) is 4.80 Å². The van der Waals surface area contributed by atoms with Crippen molar-refractivity contribution in [2.75, 3.05) is 6.54 Å². The van der Waals surface area contributed by atoms with Gasteiger partial charge in [0, 0.05) is 6.54 Å². The molecule has 0 amide bonds. The number of aryl methyl sites for hydroxylation is 1. The summed E-state index contributed by atoms with van der Waals surface area (Å²) >= 11 is 0. The van der Waals surface area contributed by atoms with Gasteiger partial charge in [-0.1, -0.05) is 20.8 Å². The molecule has 0 aliphatic heterocycles. The zero-order valence-electron chi connectivity index (χ0n) is 9.02. The van der Waals surface area contributed by atoms with E-state index in [9.17, 15) is 5.11 Å². The Hall–Kier alpha value is -1.01. The maximum absolute atomic E-state index is 10.3. The number of hydrogen-bond donors (Lipinski definition) is 2. The van der Waals surface area contributed by atoms with E-state index in [0.717, 1.165) is 0 Å². The van der Waals surface area contributed by atoms with Gasteiger partial charge in [0.1, 0.15) is 5.60 Å². The van der Waals surface area contributed by atoms with Crippen LogP contribution in [0.1, 0.15) is 26.6 Å². The first-order chi connectivity index (χ1) is 6.31. The molecule has 1 atom stereocenters. The van der Waals surface area contributed by atoms with Crippen LogP contribution in [0.25, 0.3) is 0 Å². The molecule has 0 aromatic carbocycles. The van der Waals surface area contributed by atoms with E-state index >= 15 is 0 Å². The van der Waals surface area contributed by atoms with Crippen molar-refractivity contribution in [2.45, 2.75) is 26.4 Å². The summed E-state index contributed by atoms with van der Waals surface area (Å²) in [5.74, 6) is 0.273. The van der Waals surface area contributed by atoms with Crippen molar-refractivity contribution in [3.63, 3.8) is 0 Å². The highest BCUT2D eigenvalue weighted by Gasteiger charge is 2.44. The van der Waals surface area contributed by atoms with Crippen LogP contribution in [0.2, 0.25) is 0 Å². The first-order valence-electron chi connectivity index (χ1n) is 4.48. The van der Waals surface area contributed by atoms with Gasteiger partial charge in [0.15, 0.2) is 0 Å². The minimum atomic E-state index is -1.23. The van der Waals surface area contributed by atoms with E-state index in [1.807, 2.05) is 20.8 Å². The predicted octanol–water partition coefficient (Wildman–Crippen LogP) is -0.597. The van der Waals surface area contributed by atoms with E-state index in [-0.39, 0.29) is 12.4 Å². The van der Waals surface area contributed by atoms with Gasteiger partial charge in [-0.15, -0.1) is 10.2 Å². The van der Waals surface area contributed by atoms with Crippen molar-refractivity contribution in [1.29, 1.82) is 0 Å². The molecule has 0 bridgehead atoms. The average Bonchev–Trinajstić information content (AvgIpc) is 2.48. The molecule has 3 N–H and O–H groups in total. The molecule has 14 heavy (non-hydrogen) atoms. The minimum absolute atomic E-state index is 0.0716. The summed E-state index contributed by atoms with van der Waals surface area (Å²) < 4.78 is 0. The second-order valence-corrected chi connectivity index (χ2v) is 4.42. The van der Waals surface area contributed by atoms with Gasteiger partial charge in [-0.2, -0.15) is 4.80 Å². The van der Waals surface area contributed by atoms with Crippen molar-refractivity contribution in [2.24, 2.45) is 18.2 Å². The van der Waals surface area contributed by atoms with Gasteiger partial charge in [-0.25, -0.2) is 0 Å². The lowest BCUT2D eigenvalue weighted by Gasteiger charge is -2.36. The Morgan fingerprint density at radius 2 is 2.00 bits per heavy atom. The van der Waals surface area contributed by atoms with Crippen LogP contribution in [0.4, 0.5) is 0 Å². The molecule has 0 saturated carbocycles. The van der Waals surface area contributed by atoms with Gasteiger partial charge < -0.3 is 10.8 Å². The summed E-state index contributed by atoms with van der Waals surface area (Å²) in [6.07, 6.45) is 0. The van der Waals surface area contributed by atoms with Crippen LogP contribution in [0, 0.1) is 5.41 Å². The summed E-state index contributed by atoms with van der Waals surface area (Å²) in [5, 5.41) is 21.8. The molecule has 6 nitrogen and oxygen atoms in total. The Labute approximate surface area is 83.1 Å². The first kappa shape index (κ1) is 11.1. The molecule has 0 radical (unpaired) electrons. The molecular weight excluding hydrogens is 182 g/mol. The van der Waals surface area contributed by atoms with Crippen LogP contribution in [-0.2, 0) is 12.6 Å². The number of aliphatic hydroxyl groups is 1. The Morgan fingerprint density at radius 3 is 2.29 bits per heavy atom. The molecule has 0 aliphatic rings. The first-order valence-corrected chi connectivity index (χ1v) is 4.48. The van der Waals surface area contributed by atoms with Crippen LogP contribution in [0.5, 0.6) is 0 Å². The minimum Gasteiger partial charge on any atom is -0.380 e. The highest BCUT2D eigenvalue weighted by molar-refractivity contribution is 5.05. The number of hydrogen-bond acceptors (Lipinski definition) is 5. The Morgan fingerprint density at radius 1 is 1.43 bits per heavy atom. The van der Waals surface area contributed by atoms with Gasteiger partial charge >= 0.3 is 0 Å². The molecule has 6 heteroatoms. The number of aromatic nitrogens is 4. The molecule has 1 aromatic heterocycles. The Balaban J connectivity index is 3.14. The molecule has 0 fully saturated rings. The molecule has 1 heterocycles. The highest BCUT2D eigenvalue weighted by atomic mass is 16.3. The molecule has 1 aromatic rings. The fourth-order valence-electron chi connectivity index (χ4n) is 1.18. The van der Waals surface area contributed by atoms with Crippen LogP contribution in [0.15, 0.2) is 0 Å². The molecule has 80 valence electrons. The zero-order chi connectivity index (χ0) is 11.0. The second-order valence-electron chi connectivity index (χ2n) is 4.42. The van der Waals surface area contributed by atoms with Crippen LogP contribution in [0.3, 0.4) is 0 Å². The van der Waals surface area contributed by atoms with E-state index in [4.69, 9.17) is 5.73 Å². The lowest BCUT2D eigenvalue weighted by atomic mass is 9.76. The average molecular weight is 199 g/mol. The SMILES string of the molecule is Cn1nnc(C(O)(CN)C(C)(C)C)n1. The molecular formula is C8H17N5O. The fourth-order valence-corrected chi connectivity index (χ4v) is 1.18. The Kier molecular flexibility index (Phi) is 2.60. The van der Waals surface area contributed by atoms with Crippen LogP contribution in [-0.4, -0.2) is 31.9 Å². The van der Waals surface area contributed by atoms with Gasteiger partial charge in [-0.05, 0) is 10.6 Å². The van der Waals surface area contributed by atoms with Crippen LogP contribution < -0.4 is 5.73 Å². The maximum Gasteiger partial charge on any atom is 0.208 e. The predicted molar refractivity (Wildman–Crippen MR) is 51.2 cm³/mol. The standard InChI is InChI=1S/C8H17N5O/c1-7(2,3)8(14,5-9)6-10-12-13(4)11-6/h14H,5,9H2,1-4H3. The van der Waals surface area contributed by atoms with Crippen LogP contribution >= 0.6 is 0 Å². The van der Waals surface area contributed by atoms with Crippen molar-refractivity contribution < 1.29 is 5.11 Å². The van der Waals surface area contributed by atoms with E-state index < -0.39 is 11.0 Å². The summed E-state index contributed by atoms with van der Waals surface area (Å²) in [6, 6.07) is 0. The second kappa shape index (κ2) is 3.29. The normalized spacial score (nSPS) is 16.7. The number of nitrogens with two attached hydrogens (primary N) is 1. The topological polar surface area (TPSA) is 89.8 Å². The van der Waals surface area contributed by atoms with Crippen molar-refractivity contribution in [1.82, 2.24) is 20.2 Å². The van der Waals surface area contributed by atoms with Gasteiger partial charge in [0.2, 0.25) is 5.82 Å². The molecule has 0 saturated heterocycles. The fraction of sp³-hybridized carbons (Fsp3) is 0.875. The largest absolute Gasteiger partial charge is 0.380 e. The number of nitrogens with zero attached hydrogens (tertiary/aromatic N) is 4. The summed E-state index contributed by atoms with van der Waals surface area (Å²) in [6.45, 7) is 5.73. The third-order valence-electron chi connectivity index (χ3n) is 2.41. The van der Waals surface area contributed by atoms with Gasteiger partial charge in [0.05, 0.1) is 7.05 Å². The third-order valence-corrected chi connectivity index (χ3v) is 2.41. The maximum atomic E-state index is 10.3. The quantitative estimate of drug-likeness (QED) is 0.664. The smallest absolute Gasteiger partial charge is 0.208 e. The number of rotatable bonds is 2. The van der Waals surface area contributed by atoms with Gasteiger partial charge in [0.25, 0.3) is 0 Å². The van der Waals surface area contributed by atoms with Crippen molar-refractivity contribution >= 4 is 0 Å². The molecule has 1 unspecified atom stereocenters. The number of tetrazole rings is 1. The van der Waals surface area contributed by atoms with Crippen molar-refractivity contribution in [3.05, 3.63) is 5.82 Å². The van der Waals surface area contributed by atoms with E-state index in [1.54, 1.807) is 7.05 Å². The van der Waals surface area contributed by atoms with E-state index in [0.29, 0.717) is 0 Å². The lowest BCUT2D eigenvalue weighted by Crippen LogP contribution is -2.47. The summed E-state index contributed by atoms with van der Waals surface area (Å²) in [5.41, 5.74) is 3.91. The molecule has 0 aliphatic carbocycles. The molecule has 1 rings (SSSR count). The Bertz CT molecular complexity index is 316. The summed E-state index contributed by atoms with van der Waals surface area (Å²) in [4.78, 5) is 1.31. The molecule has 0 spiro atoms. The summed E-state index contributed by atoms with van der Waals surface area (Å²) in [7, 11) is 1.65. The van der Waals surface area contributed by atoms with Crippen molar-refractivity contribution in [3.8, 4) is 0 Å². The third kappa shape index (κ3) is 1.62.